The molecule has 0 amide bonds. The van der Waals surface area contributed by atoms with Gasteiger partial charge >= 0.3 is 0 Å². The van der Waals surface area contributed by atoms with Gasteiger partial charge in [0.25, 0.3) is 0 Å². The minimum absolute atomic E-state index is 0.0401. The van der Waals surface area contributed by atoms with Crippen molar-refractivity contribution in [1.82, 2.24) is 0 Å². The third-order valence-corrected chi connectivity index (χ3v) is 2.91. The highest BCUT2D eigenvalue weighted by Gasteiger charge is 2.15. The molecule has 1 N–H and O–H groups in total. The van der Waals surface area contributed by atoms with E-state index in [1.165, 1.54) is 18.2 Å². The van der Waals surface area contributed by atoms with Gasteiger partial charge < -0.3 is 10.1 Å². The van der Waals surface area contributed by atoms with Crippen LogP contribution in [-0.2, 0) is 0 Å². The first-order valence-corrected chi connectivity index (χ1v) is 5.96. The van der Waals surface area contributed by atoms with Gasteiger partial charge in [0.05, 0.1) is 13.2 Å². The monoisotopic (exact) mass is 263 g/mol. The van der Waals surface area contributed by atoms with Crippen molar-refractivity contribution in [2.45, 2.75) is 13.0 Å². The van der Waals surface area contributed by atoms with Crippen molar-refractivity contribution < 1.29 is 13.5 Å². The van der Waals surface area contributed by atoms with Crippen molar-refractivity contribution in [3.05, 3.63) is 59.7 Å². The fourth-order valence-corrected chi connectivity index (χ4v) is 1.93. The number of anilines is 1. The Morgan fingerprint density at radius 3 is 2.11 bits per heavy atom. The van der Waals surface area contributed by atoms with E-state index in [0.29, 0.717) is 0 Å². The third-order valence-electron chi connectivity index (χ3n) is 2.91. The number of ether oxygens (including phenoxy) is 1. The van der Waals surface area contributed by atoms with Gasteiger partial charge in [-0.2, -0.15) is 0 Å². The number of nitrogens with one attached hydrogen (secondary N) is 1. The Kier molecular flexibility index (Phi) is 4.00. The average molecular weight is 263 g/mol. The molecule has 0 aliphatic carbocycles. The quantitative estimate of drug-likeness (QED) is 0.894. The summed E-state index contributed by atoms with van der Waals surface area (Å²) >= 11 is 0. The summed E-state index contributed by atoms with van der Waals surface area (Å²) in [6.07, 6.45) is 0. The largest absolute Gasteiger partial charge is 0.497 e. The molecule has 2 aromatic rings. The van der Waals surface area contributed by atoms with Crippen LogP contribution < -0.4 is 10.1 Å². The normalized spacial score (nSPS) is 12.0. The average Bonchev–Trinajstić information content (AvgIpc) is 2.39. The first-order valence-electron chi connectivity index (χ1n) is 5.96. The van der Waals surface area contributed by atoms with Gasteiger partial charge in [-0.1, -0.05) is 6.07 Å². The van der Waals surface area contributed by atoms with Gasteiger partial charge in [-0.15, -0.1) is 0 Å². The summed E-state index contributed by atoms with van der Waals surface area (Å²) in [5.74, 6) is -0.364. The fraction of sp³-hybridized carbons (Fsp3) is 0.200. The molecule has 1 atom stereocenters. The number of hydrogen-bond acceptors (Lipinski definition) is 2. The minimum atomic E-state index is -0.548. The van der Waals surface area contributed by atoms with Crippen LogP contribution >= 0.6 is 0 Å². The van der Waals surface area contributed by atoms with Crippen molar-refractivity contribution in [3.8, 4) is 5.75 Å². The molecule has 2 aromatic carbocycles. The molecule has 0 aliphatic rings. The number of methoxy groups -OCH3 is 1. The van der Waals surface area contributed by atoms with Crippen molar-refractivity contribution in [2.24, 2.45) is 0 Å². The molecular weight excluding hydrogens is 248 g/mol. The summed E-state index contributed by atoms with van der Waals surface area (Å²) in [5, 5.41) is 3.06. The lowest BCUT2D eigenvalue weighted by atomic mass is 10.1. The molecule has 0 heterocycles. The van der Waals surface area contributed by atoms with Crippen LogP contribution in [0.15, 0.2) is 42.5 Å². The smallest absolute Gasteiger partial charge is 0.131 e. The first-order chi connectivity index (χ1) is 9.11. The second kappa shape index (κ2) is 5.69. The minimum Gasteiger partial charge on any atom is -0.497 e. The van der Waals surface area contributed by atoms with Gasteiger partial charge in [0.2, 0.25) is 0 Å². The van der Waals surface area contributed by atoms with Crippen molar-refractivity contribution in [2.75, 3.05) is 12.4 Å². The van der Waals surface area contributed by atoms with E-state index >= 15 is 0 Å². The van der Waals surface area contributed by atoms with Gasteiger partial charge in [0.15, 0.2) is 0 Å². The van der Waals surface area contributed by atoms with E-state index in [1.54, 1.807) is 38.3 Å². The molecular formula is C15H15F2NO. The zero-order valence-corrected chi connectivity index (χ0v) is 10.8. The second-order valence-corrected chi connectivity index (χ2v) is 4.23. The Morgan fingerprint density at radius 1 is 1.00 bits per heavy atom. The van der Waals surface area contributed by atoms with E-state index in [0.717, 1.165) is 11.4 Å². The number of halogens is 2. The van der Waals surface area contributed by atoms with Gasteiger partial charge in [-0.25, -0.2) is 8.78 Å². The Morgan fingerprint density at radius 2 is 1.58 bits per heavy atom. The highest BCUT2D eigenvalue weighted by Crippen LogP contribution is 2.25. The molecule has 0 spiro atoms. The summed E-state index contributed by atoms with van der Waals surface area (Å²) < 4.78 is 32.3. The fourth-order valence-electron chi connectivity index (χ4n) is 1.93. The number of rotatable bonds is 4. The maximum absolute atomic E-state index is 13.6. The maximum atomic E-state index is 13.6. The van der Waals surface area contributed by atoms with Crippen LogP contribution in [0.5, 0.6) is 5.75 Å². The second-order valence-electron chi connectivity index (χ2n) is 4.23. The molecule has 1 unspecified atom stereocenters. The summed E-state index contributed by atoms with van der Waals surface area (Å²) in [5.41, 5.74) is 0.814. The Bertz CT molecular complexity index is 534. The lowest BCUT2D eigenvalue weighted by Gasteiger charge is -2.17. The van der Waals surface area contributed by atoms with Crippen LogP contribution in [0.2, 0.25) is 0 Å². The standard InChI is InChI=1S/C15H15F2NO/c1-10(15-13(16)4-3-5-14(15)17)18-11-6-8-12(19-2)9-7-11/h3-10,18H,1-2H3. The van der Waals surface area contributed by atoms with Crippen LogP contribution in [0.25, 0.3) is 0 Å². The highest BCUT2D eigenvalue weighted by molar-refractivity contribution is 5.48. The Hall–Kier alpha value is -2.10. The summed E-state index contributed by atoms with van der Waals surface area (Å²) in [7, 11) is 1.58. The van der Waals surface area contributed by atoms with E-state index in [1.807, 2.05) is 0 Å². The molecule has 0 saturated carbocycles. The molecule has 0 aromatic heterocycles. The molecule has 0 radical (unpaired) electrons. The molecule has 19 heavy (non-hydrogen) atoms. The predicted molar refractivity (Wildman–Crippen MR) is 71.4 cm³/mol. The van der Waals surface area contributed by atoms with Crippen LogP contribution in [0.4, 0.5) is 14.5 Å². The predicted octanol–water partition coefficient (Wildman–Crippen LogP) is 4.15. The van der Waals surface area contributed by atoms with E-state index < -0.39 is 17.7 Å². The SMILES string of the molecule is COc1ccc(NC(C)c2c(F)cccc2F)cc1. The maximum Gasteiger partial charge on any atom is 0.131 e. The number of hydrogen-bond donors (Lipinski definition) is 1. The zero-order chi connectivity index (χ0) is 13.8. The molecule has 0 fully saturated rings. The van der Waals surface area contributed by atoms with Gasteiger partial charge in [-0.05, 0) is 43.3 Å². The Labute approximate surface area is 111 Å². The van der Waals surface area contributed by atoms with Gasteiger partial charge in [0.1, 0.15) is 17.4 Å². The molecule has 100 valence electrons. The molecule has 0 bridgehead atoms. The topological polar surface area (TPSA) is 21.3 Å². The van der Waals surface area contributed by atoms with E-state index in [9.17, 15) is 8.78 Å². The summed E-state index contributed by atoms with van der Waals surface area (Å²) in [4.78, 5) is 0. The molecule has 2 rings (SSSR count). The number of benzene rings is 2. The first kappa shape index (κ1) is 13.3. The lowest BCUT2D eigenvalue weighted by molar-refractivity contribution is 0.415. The van der Waals surface area contributed by atoms with Crippen LogP contribution in [0.1, 0.15) is 18.5 Å². The van der Waals surface area contributed by atoms with Crippen molar-refractivity contribution >= 4 is 5.69 Å². The zero-order valence-electron chi connectivity index (χ0n) is 10.8. The van der Waals surface area contributed by atoms with Gasteiger partial charge in [0, 0.05) is 11.3 Å². The molecule has 2 nitrogen and oxygen atoms in total. The molecule has 0 saturated heterocycles. The molecule has 4 heteroatoms. The summed E-state index contributed by atoms with van der Waals surface area (Å²) in [6.45, 7) is 1.71. The summed E-state index contributed by atoms with van der Waals surface area (Å²) in [6, 6.07) is 10.6. The highest BCUT2D eigenvalue weighted by atomic mass is 19.1. The van der Waals surface area contributed by atoms with E-state index in [4.69, 9.17) is 4.74 Å². The van der Waals surface area contributed by atoms with E-state index in [-0.39, 0.29) is 5.56 Å². The van der Waals surface area contributed by atoms with Crippen molar-refractivity contribution in [3.63, 3.8) is 0 Å². The Balaban J connectivity index is 2.18. The van der Waals surface area contributed by atoms with Crippen LogP contribution in [0, 0.1) is 11.6 Å². The van der Waals surface area contributed by atoms with Crippen LogP contribution in [0.3, 0.4) is 0 Å². The molecule has 0 aliphatic heterocycles. The van der Waals surface area contributed by atoms with E-state index in [2.05, 4.69) is 5.32 Å². The third kappa shape index (κ3) is 3.02. The van der Waals surface area contributed by atoms with Gasteiger partial charge in [-0.3, -0.25) is 0 Å². The lowest BCUT2D eigenvalue weighted by Crippen LogP contribution is -2.10. The van der Waals surface area contributed by atoms with Crippen molar-refractivity contribution in [1.29, 1.82) is 0 Å². The van der Waals surface area contributed by atoms with Crippen LogP contribution in [-0.4, -0.2) is 7.11 Å².